The molecule has 1 atom stereocenters. The Labute approximate surface area is 138 Å². The quantitative estimate of drug-likeness (QED) is 0.571. The van der Waals surface area contributed by atoms with Crippen molar-refractivity contribution in [3.63, 3.8) is 0 Å². The van der Waals surface area contributed by atoms with Gasteiger partial charge in [0.25, 0.3) is 5.91 Å². The summed E-state index contributed by atoms with van der Waals surface area (Å²) in [7, 11) is 0. The second-order valence-electron chi connectivity index (χ2n) is 5.89. The SMILES string of the molecule is CCCn1c(C)cc(/C=C(/C#N)C(=O)NC(C)CCCO)c1C. The average Bonchev–Trinajstić information content (AvgIpc) is 2.78. The maximum Gasteiger partial charge on any atom is 0.262 e. The third-order valence-electron chi connectivity index (χ3n) is 3.90. The van der Waals surface area contributed by atoms with E-state index in [1.807, 2.05) is 32.9 Å². The van der Waals surface area contributed by atoms with Gasteiger partial charge in [-0.1, -0.05) is 6.92 Å². The Morgan fingerprint density at radius 2 is 2.22 bits per heavy atom. The van der Waals surface area contributed by atoms with Crippen molar-refractivity contribution in [2.24, 2.45) is 0 Å². The van der Waals surface area contributed by atoms with Crippen LogP contribution >= 0.6 is 0 Å². The molecule has 1 aromatic rings. The van der Waals surface area contributed by atoms with E-state index in [9.17, 15) is 10.1 Å². The van der Waals surface area contributed by atoms with Crippen LogP contribution in [-0.2, 0) is 11.3 Å². The van der Waals surface area contributed by atoms with Crippen LogP contribution < -0.4 is 5.32 Å². The number of nitriles is 1. The molecule has 0 saturated heterocycles. The third-order valence-corrected chi connectivity index (χ3v) is 3.90. The molecular weight excluding hydrogens is 290 g/mol. The molecule has 5 nitrogen and oxygen atoms in total. The summed E-state index contributed by atoms with van der Waals surface area (Å²) in [5.41, 5.74) is 3.21. The first-order valence-electron chi connectivity index (χ1n) is 8.14. The molecule has 126 valence electrons. The van der Waals surface area contributed by atoms with Gasteiger partial charge in [-0.15, -0.1) is 0 Å². The summed E-state index contributed by atoms with van der Waals surface area (Å²) < 4.78 is 2.20. The molecule has 2 N–H and O–H groups in total. The molecular formula is C18H27N3O2. The lowest BCUT2D eigenvalue weighted by Gasteiger charge is -2.12. The lowest BCUT2D eigenvalue weighted by atomic mass is 10.1. The van der Waals surface area contributed by atoms with Gasteiger partial charge >= 0.3 is 0 Å². The number of hydrogen-bond acceptors (Lipinski definition) is 3. The van der Waals surface area contributed by atoms with Crippen LogP contribution in [0.25, 0.3) is 6.08 Å². The van der Waals surface area contributed by atoms with E-state index < -0.39 is 0 Å². The molecule has 1 heterocycles. The largest absolute Gasteiger partial charge is 0.396 e. The Kier molecular flexibility index (Phi) is 7.56. The fourth-order valence-electron chi connectivity index (χ4n) is 2.62. The first-order chi connectivity index (χ1) is 10.9. The van der Waals surface area contributed by atoms with Gasteiger partial charge in [0, 0.05) is 30.6 Å². The van der Waals surface area contributed by atoms with Crippen LogP contribution in [0.15, 0.2) is 11.6 Å². The van der Waals surface area contributed by atoms with Crippen LogP contribution in [0.5, 0.6) is 0 Å². The predicted octanol–water partition coefficient (Wildman–Crippen LogP) is 2.70. The van der Waals surface area contributed by atoms with Crippen molar-refractivity contribution in [3.05, 3.63) is 28.6 Å². The van der Waals surface area contributed by atoms with Crippen molar-refractivity contribution in [2.45, 2.75) is 59.5 Å². The topological polar surface area (TPSA) is 78.0 Å². The minimum absolute atomic E-state index is 0.0704. The first-order valence-corrected chi connectivity index (χ1v) is 8.14. The maximum atomic E-state index is 12.2. The molecule has 5 heteroatoms. The maximum absolute atomic E-state index is 12.2. The Bertz CT molecular complexity index is 609. The average molecular weight is 317 g/mol. The second kappa shape index (κ2) is 9.16. The van der Waals surface area contributed by atoms with Gasteiger partial charge < -0.3 is 15.0 Å². The lowest BCUT2D eigenvalue weighted by molar-refractivity contribution is -0.117. The molecule has 0 aliphatic heterocycles. The summed E-state index contributed by atoms with van der Waals surface area (Å²) in [6, 6.07) is 3.92. The molecule has 1 rings (SSSR count). The van der Waals surface area contributed by atoms with Gasteiger partial charge in [0.2, 0.25) is 0 Å². The number of amides is 1. The number of hydrogen-bond donors (Lipinski definition) is 2. The van der Waals surface area contributed by atoms with Gasteiger partial charge in [0.1, 0.15) is 11.6 Å². The summed E-state index contributed by atoms with van der Waals surface area (Å²) >= 11 is 0. The number of carbonyl (C=O) groups excluding carboxylic acids is 1. The fourth-order valence-corrected chi connectivity index (χ4v) is 2.62. The van der Waals surface area contributed by atoms with Crippen molar-refractivity contribution >= 4 is 12.0 Å². The summed E-state index contributed by atoms with van der Waals surface area (Å²) in [6.07, 6.45) is 4.01. The number of rotatable bonds is 8. The highest BCUT2D eigenvalue weighted by atomic mass is 16.3. The first kappa shape index (κ1) is 19.0. The van der Waals surface area contributed by atoms with E-state index in [0.29, 0.717) is 12.8 Å². The Morgan fingerprint density at radius 3 is 2.78 bits per heavy atom. The Balaban J connectivity index is 2.93. The minimum Gasteiger partial charge on any atom is -0.396 e. The van der Waals surface area contributed by atoms with Crippen LogP contribution in [0.4, 0.5) is 0 Å². The molecule has 0 saturated carbocycles. The summed E-state index contributed by atoms with van der Waals surface area (Å²) in [5, 5.41) is 20.9. The zero-order chi connectivity index (χ0) is 17.4. The van der Waals surface area contributed by atoms with Gasteiger partial charge in [0.05, 0.1) is 0 Å². The number of nitrogens with zero attached hydrogens (tertiary/aromatic N) is 2. The van der Waals surface area contributed by atoms with Gasteiger partial charge in [-0.3, -0.25) is 4.79 Å². The highest BCUT2D eigenvalue weighted by Gasteiger charge is 2.14. The smallest absolute Gasteiger partial charge is 0.262 e. The van der Waals surface area contributed by atoms with E-state index in [0.717, 1.165) is 29.9 Å². The van der Waals surface area contributed by atoms with Crippen LogP contribution in [0, 0.1) is 25.2 Å². The van der Waals surface area contributed by atoms with Crippen LogP contribution in [-0.4, -0.2) is 28.2 Å². The monoisotopic (exact) mass is 317 g/mol. The van der Waals surface area contributed by atoms with Gasteiger partial charge in [-0.05, 0) is 57.7 Å². The van der Waals surface area contributed by atoms with E-state index in [2.05, 4.69) is 16.8 Å². The molecule has 23 heavy (non-hydrogen) atoms. The Morgan fingerprint density at radius 1 is 1.52 bits per heavy atom. The summed E-state index contributed by atoms with van der Waals surface area (Å²) in [5.74, 6) is -0.363. The van der Waals surface area contributed by atoms with Crippen molar-refractivity contribution < 1.29 is 9.90 Å². The summed E-state index contributed by atoms with van der Waals surface area (Å²) in [4.78, 5) is 12.2. The van der Waals surface area contributed by atoms with E-state index in [4.69, 9.17) is 5.11 Å². The van der Waals surface area contributed by atoms with Gasteiger partial charge in [-0.2, -0.15) is 5.26 Å². The molecule has 0 bridgehead atoms. The third kappa shape index (κ3) is 5.26. The van der Waals surface area contributed by atoms with Crippen LogP contribution in [0.2, 0.25) is 0 Å². The van der Waals surface area contributed by atoms with Crippen molar-refractivity contribution in [1.82, 2.24) is 9.88 Å². The highest BCUT2D eigenvalue weighted by molar-refractivity contribution is 6.01. The standard InChI is InChI=1S/C18H27N3O2/c1-5-8-21-14(3)10-16(15(21)4)11-17(12-19)18(23)20-13(2)7-6-9-22/h10-11,13,22H,5-9H2,1-4H3,(H,20,23)/b17-11-. The number of carbonyl (C=O) groups is 1. The second-order valence-corrected chi connectivity index (χ2v) is 5.89. The number of aliphatic hydroxyl groups excluding tert-OH is 1. The lowest BCUT2D eigenvalue weighted by Crippen LogP contribution is -2.33. The Hall–Kier alpha value is -2.06. The van der Waals surface area contributed by atoms with E-state index >= 15 is 0 Å². The highest BCUT2D eigenvalue weighted by Crippen LogP contribution is 2.18. The molecule has 0 aromatic carbocycles. The molecule has 0 fully saturated rings. The molecule has 0 aliphatic rings. The number of aryl methyl sites for hydroxylation is 1. The number of nitrogens with one attached hydrogen (secondary N) is 1. The molecule has 0 radical (unpaired) electrons. The molecule has 1 amide bonds. The normalized spacial score (nSPS) is 12.8. The van der Waals surface area contributed by atoms with Crippen LogP contribution in [0.3, 0.4) is 0 Å². The van der Waals surface area contributed by atoms with E-state index in [-0.39, 0.29) is 24.1 Å². The van der Waals surface area contributed by atoms with Gasteiger partial charge in [0.15, 0.2) is 0 Å². The number of aliphatic hydroxyl groups is 1. The zero-order valence-corrected chi connectivity index (χ0v) is 14.5. The molecule has 1 aromatic heterocycles. The van der Waals surface area contributed by atoms with Crippen molar-refractivity contribution in [1.29, 1.82) is 5.26 Å². The predicted molar refractivity (Wildman–Crippen MR) is 91.7 cm³/mol. The van der Waals surface area contributed by atoms with Gasteiger partial charge in [-0.25, -0.2) is 0 Å². The zero-order valence-electron chi connectivity index (χ0n) is 14.5. The van der Waals surface area contributed by atoms with E-state index in [1.54, 1.807) is 6.08 Å². The molecule has 1 unspecified atom stereocenters. The van der Waals surface area contributed by atoms with E-state index in [1.165, 1.54) is 0 Å². The van der Waals surface area contributed by atoms with Crippen molar-refractivity contribution in [2.75, 3.05) is 6.61 Å². The summed E-state index contributed by atoms with van der Waals surface area (Å²) in [6.45, 7) is 9.06. The molecule has 0 aliphatic carbocycles. The number of aromatic nitrogens is 1. The fraction of sp³-hybridized carbons (Fsp3) is 0.556. The van der Waals surface area contributed by atoms with Crippen molar-refractivity contribution in [3.8, 4) is 6.07 Å². The molecule has 0 spiro atoms. The van der Waals surface area contributed by atoms with Crippen LogP contribution in [0.1, 0.15) is 50.1 Å². The minimum atomic E-state index is -0.363.